The summed E-state index contributed by atoms with van der Waals surface area (Å²) in [4.78, 5) is 17.3. The molecule has 0 spiro atoms. The number of allylic oxidation sites excluding steroid dienone is 3. The fourth-order valence-electron chi connectivity index (χ4n) is 2.90. The summed E-state index contributed by atoms with van der Waals surface area (Å²) >= 11 is 6.02. The van der Waals surface area contributed by atoms with E-state index in [1.165, 1.54) is 18.5 Å². The Morgan fingerprint density at radius 2 is 2.19 bits per heavy atom. The van der Waals surface area contributed by atoms with Crippen LogP contribution in [0, 0.1) is 5.92 Å². The quantitative estimate of drug-likeness (QED) is 0.722. The lowest BCUT2D eigenvalue weighted by Crippen LogP contribution is -2.27. The van der Waals surface area contributed by atoms with E-state index in [0.29, 0.717) is 10.9 Å². The zero-order valence-corrected chi connectivity index (χ0v) is 16.2. The first kappa shape index (κ1) is 18.5. The number of halogens is 1. The van der Waals surface area contributed by atoms with Crippen LogP contribution in [0.25, 0.3) is 5.65 Å². The van der Waals surface area contributed by atoms with Gasteiger partial charge in [-0.1, -0.05) is 24.6 Å². The summed E-state index contributed by atoms with van der Waals surface area (Å²) < 4.78 is 1.84. The molecule has 0 bridgehead atoms. The minimum absolute atomic E-state index is 0.0679. The first-order valence-corrected chi connectivity index (χ1v) is 9.44. The number of pyridine rings is 1. The molecule has 2 N–H and O–H groups in total. The summed E-state index contributed by atoms with van der Waals surface area (Å²) in [6, 6.07) is 3.64. The second kappa shape index (κ2) is 7.96. The molecule has 2 aromatic heterocycles. The summed E-state index contributed by atoms with van der Waals surface area (Å²) in [6.45, 7) is 3.93. The molecule has 0 aliphatic heterocycles. The molecular formula is C20H25ClN4O. The Balaban J connectivity index is 1.76. The molecule has 3 rings (SSSR count). The van der Waals surface area contributed by atoms with E-state index >= 15 is 0 Å². The molecule has 2 heterocycles. The monoisotopic (exact) mass is 372 g/mol. The summed E-state index contributed by atoms with van der Waals surface area (Å²) in [7, 11) is 1.93. The van der Waals surface area contributed by atoms with E-state index < -0.39 is 0 Å². The molecule has 1 unspecified atom stereocenters. The van der Waals surface area contributed by atoms with Gasteiger partial charge in [-0.2, -0.15) is 0 Å². The lowest BCUT2D eigenvalue weighted by Gasteiger charge is -2.13. The van der Waals surface area contributed by atoms with E-state index in [0.717, 1.165) is 23.5 Å². The Morgan fingerprint density at radius 3 is 2.85 bits per heavy atom. The maximum atomic E-state index is 12.8. The summed E-state index contributed by atoms with van der Waals surface area (Å²) in [6.07, 6.45) is 11.0. The number of nitrogens with one attached hydrogen (secondary N) is 2. The van der Waals surface area contributed by atoms with Crippen LogP contribution in [0.2, 0.25) is 5.02 Å². The highest BCUT2D eigenvalue weighted by molar-refractivity contribution is 6.30. The van der Waals surface area contributed by atoms with Crippen LogP contribution >= 0.6 is 11.6 Å². The average Bonchev–Trinajstić information content (AvgIpc) is 3.37. The molecular weight excluding hydrogens is 348 g/mol. The smallest absolute Gasteiger partial charge is 0.233 e. The zero-order valence-electron chi connectivity index (χ0n) is 15.4. The lowest BCUT2D eigenvalue weighted by molar-refractivity contribution is -0.121. The largest absolute Gasteiger partial charge is 0.391 e. The Morgan fingerprint density at radius 1 is 1.42 bits per heavy atom. The van der Waals surface area contributed by atoms with E-state index in [-0.39, 0.29) is 11.8 Å². The fourth-order valence-corrected chi connectivity index (χ4v) is 3.07. The van der Waals surface area contributed by atoms with Crippen LogP contribution in [0.5, 0.6) is 0 Å². The van der Waals surface area contributed by atoms with Crippen LogP contribution in [0.1, 0.15) is 44.7 Å². The summed E-state index contributed by atoms with van der Waals surface area (Å²) in [5.41, 5.74) is 3.52. The molecule has 1 saturated carbocycles. The van der Waals surface area contributed by atoms with Crippen molar-refractivity contribution in [2.24, 2.45) is 5.92 Å². The van der Waals surface area contributed by atoms with Crippen LogP contribution in [-0.2, 0) is 4.79 Å². The van der Waals surface area contributed by atoms with Gasteiger partial charge in [0, 0.05) is 30.8 Å². The Bertz CT molecular complexity index is 864. The number of aromatic nitrogens is 2. The molecule has 26 heavy (non-hydrogen) atoms. The van der Waals surface area contributed by atoms with Crippen molar-refractivity contribution in [3.05, 3.63) is 58.8 Å². The molecule has 0 radical (unpaired) electrons. The number of imidazole rings is 1. The number of fused-ring (bicyclic) bond motifs is 1. The van der Waals surface area contributed by atoms with Gasteiger partial charge in [-0.15, -0.1) is 0 Å². The van der Waals surface area contributed by atoms with Gasteiger partial charge in [0.2, 0.25) is 5.91 Å². The second-order valence-electron chi connectivity index (χ2n) is 6.68. The molecule has 5 nitrogen and oxygen atoms in total. The second-order valence-corrected chi connectivity index (χ2v) is 7.12. The van der Waals surface area contributed by atoms with Gasteiger partial charge in [0.15, 0.2) is 0 Å². The minimum atomic E-state index is -0.360. The van der Waals surface area contributed by atoms with Crippen molar-refractivity contribution >= 4 is 23.2 Å². The standard InChI is InChI=1S/C20H25ClN4O/c1-4-5-16(10-17(22-3)14-6-7-14)23-20(26)13(2)18-12-25-11-15(21)8-9-19(25)24-18/h5,8-14,22H,4,6-7H2,1-3H3,(H,23,26)/b16-5-,17-10-. The number of carbonyl (C=O) groups excluding carboxylic acids is 1. The molecule has 2 aromatic rings. The first-order chi connectivity index (χ1) is 12.5. The van der Waals surface area contributed by atoms with E-state index in [1.807, 2.05) is 36.7 Å². The fraction of sp³-hybridized carbons (Fsp3) is 0.400. The molecule has 1 aliphatic rings. The first-order valence-electron chi connectivity index (χ1n) is 9.06. The Labute approximate surface area is 159 Å². The van der Waals surface area contributed by atoms with Gasteiger partial charge >= 0.3 is 0 Å². The maximum Gasteiger partial charge on any atom is 0.233 e. The molecule has 1 fully saturated rings. The molecule has 1 amide bonds. The van der Waals surface area contributed by atoms with Gasteiger partial charge in [-0.25, -0.2) is 4.98 Å². The van der Waals surface area contributed by atoms with Crippen LogP contribution in [-0.4, -0.2) is 22.3 Å². The van der Waals surface area contributed by atoms with Crippen molar-refractivity contribution in [2.45, 2.75) is 39.0 Å². The van der Waals surface area contributed by atoms with Crippen LogP contribution < -0.4 is 10.6 Å². The molecule has 1 aliphatic carbocycles. The van der Waals surface area contributed by atoms with Gasteiger partial charge < -0.3 is 15.0 Å². The van der Waals surface area contributed by atoms with Gasteiger partial charge in [-0.05, 0) is 50.3 Å². The van der Waals surface area contributed by atoms with E-state index in [2.05, 4.69) is 28.6 Å². The summed E-state index contributed by atoms with van der Waals surface area (Å²) in [5.74, 6) is 0.167. The highest BCUT2D eigenvalue weighted by atomic mass is 35.5. The molecule has 138 valence electrons. The highest BCUT2D eigenvalue weighted by Gasteiger charge is 2.26. The van der Waals surface area contributed by atoms with Gasteiger partial charge in [0.25, 0.3) is 0 Å². The average molecular weight is 373 g/mol. The normalized spacial score (nSPS) is 16.6. The van der Waals surface area contributed by atoms with Gasteiger partial charge in [0.1, 0.15) is 5.65 Å². The predicted octanol–water partition coefficient (Wildman–Crippen LogP) is 4.01. The van der Waals surface area contributed by atoms with E-state index in [9.17, 15) is 4.79 Å². The van der Waals surface area contributed by atoms with Crippen molar-refractivity contribution in [3.8, 4) is 0 Å². The minimum Gasteiger partial charge on any atom is -0.391 e. The number of carbonyl (C=O) groups is 1. The van der Waals surface area contributed by atoms with Crippen LogP contribution in [0.3, 0.4) is 0 Å². The van der Waals surface area contributed by atoms with Crippen molar-refractivity contribution in [3.63, 3.8) is 0 Å². The van der Waals surface area contributed by atoms with Crippen molar-refractivity contribution in [1.29, 1.82) is 0 Å². The number of nitrogens with zero attached hydrogens (tertiary/aromatic N) is 2. The van der Waals surface area contributed by atoms with Crippen molar-refractivity contribution in [1.82, 2.24) is 20.0 Å². The SMILES string of the molecule is CC/C=C(/C=C(\NC)C1CC1)NC(=O)C(C)c1cn2cc(Cl)ccc2n1. The van der Waals surface area contributed by atoms with Gasteiger partial charge in [-0.3, -0.25) is 4.79 Å². The third-order valence-electron chi connectivity index (χ3n) is 4.58. The van der Waals surface area contributed by atoms with Crippen molar-refractivity contribution < 1.29 is 4.79 Å². The highest BCUT2D eigenvalue weighted by Crippen LogP contribution is 2.35. The molecule has 0 saturated heterocycles. The number of hydrogen-bond donors (Lipinski definition) is 2. The summed E-state index contributed by atoms with van der Waals surface area (Å²) in [5, 5.41) is 6.94. The molecule has 6 heteroatoms. The van der Waals surface area contributed by atoms with E-state index in [1.54, 1.807) is 12.3 Å². The number of rotatable bonds is 7. The van der Waals surface area contributed by atoms with Gasteiger partial charge in [0.05, 0.1) is 16.6 Å². The Kier molecular flexibility index (Phi) is 5.67. The van der Waals surface area contributed by atoms with Crippen molar-refractivity contribution in [2.75, 3.05) is 7.05 Å². The number of amides is 1. The number of hydrogen-bond acceptors (Lipinski definition) is 3. The third kappa shape index (κ3) is 4.28. The zero-order chi connectivity index (χ0) is 18.7. The van der Waals surface area contributed by atoms with Crippen LogP contribution in [0.15, 0.2) is 48.1 Å². The Hall–Kier alpha value is -2.27. The topological polar surface area (TPSA) is 58.4 Å². The van der Waals surface area contributed by atoms with E-state index in [4.69, 9.17) is 11.6 Å². The predicted molar refractivity (Wildman–Crippen MR) is 105 cm³/mol. The molecule has 1 atom stereocenters. The molecule has 0 aromatic carbocycles. The maximum absolute atomic E-state index is 12.8. The van der Waals surface area contributed by atoms with Crippen LogP contribution in [0.4, 0.5) is 0 Å². The lowest BCUT2D eigenvalue weighted by atomic mass is 10.1. The third-order valence-corrected chi connectivity index (χ3v) is 4.80.